The van der Waals surface area contributed by atoms with Crippen LogP contribution in [-0.2, 0) is 0 Å². The third-order valence-corrected chi connectivity index (χ3v) is 5.22. The SMILES string of the molecule is OC(I)C(I)CCCI. The van der Waals surface area contributed by atoms with E-state index in [4.69, 9.17) is 5.11 Å². The van der Waals surface area contributed by atoms with Gasteiger partial charge in [0, 0.05) is 3.92 Å². The van der Waals surface area contributed by atoms with Crippen LogP contribution in [0.15, 0.2) is 0 Å². The molecule has 0 heterocycles. The van der Waals surface area contributed by atoms with E-state index in [1.54, 1.807) is 0 Å². The topological polar surface area (TPSA) is 20.2 Å². The molecule has 1 nitrogen and oxygen atoms in total. The molecule has 0 spiro atoms. The van der Waals surface area contributed by atoms with Crippen molar-refractivity contribution >= 4 is 67.8 Å². The standard InChI is InChI=1S/C5H9I3O/c6-3-1-2-4(7)5(8)9/h4-5,9H,1-3H2. The zero-order valence-corrected chi connectivity index (χ0v) is 11.3. The highest BCUT2D eigenvalue weighted by molar-refractivity contribution is 14.1. The molecule has 9 heavy (non-hydrogen) atoms. The highest BCUT2D eigenvalue weighted by atomic mass is 127. The molecular formula is C5H9I3O. The van der Waals surface area contributed by atoms with E-state index >= 15 is 0 Å². The summed E-state index contributed by atoms with van der Waals surface area (Å²) in [5.41, 5.74) is 0. The number of alkyl halides is 3. The van der Waals surface area contributed by atoms with Gasteiger partial charge < -0.3 is 5.11 Å². The Morgan fingerprint density at radius 2 is 1.89 bits per heavy atom. The predicted octanol–water partition coefficient (Wildman–Crippen LogP) is 2.76. The van der Waals surface area contributed by atoms with Crippen LogP contribution < -0.4 is 0 Å². The van der Waals surface area contributed by atoms with Crippen molar-refractivity contribution in [2.24, 2.45) is 0 Å². The van der Waals surface area contributed by atoms with Crippen LogP contribution in [0.1, 0.15) is 12.8 Å². The molecule has 0 fully saturated rings. The Morgan fingerprint density at radius 3 is 2.22 bits per heavy atom. The molecule has 2 unspecified atom stereocenters. The van der Waals surface area contributed by atoms with Gasteiger partial charge in [-0.2, -0.15) is 0 Å². The predicted molar refractivity (Wildman–Crippen MR) is 66.0 cm³/mol. The summed E-state index contributed by atoms with van der Waals surface area (Å²) in [5.74, 6) is 0. The van der Waals surface area contributed by atoms with Crippen molar-refractivity contribution in [2.45, 2.75) is 20.9 Å². The second-order valence-corrected chi connectivity index (χ2v) is 5.67. The minimum Gasteiger partial charge on any atom is -0.382 e. The molecule has 0 aromatic carbocycles. The summed E-state index contributed by atoms with van der Waals surface area (Å²) >= 11 is 6.70. The average molecular weight is 466 g/mol. The lowest BCUT2D eigenvalue weighted by Crippen LogP contribution is -2.12. The molecule has 4 heteroatoms. The van der Waals surface area contributed by atoms with Gasteiger partial charge in [-0.05, 0) is 17.3 Å². The maximum absolute atomic E-state index is 9.02. The van der Waals surface area contributed by atoms with Crippen LogP contribution in [0.4, 0.5) is 0 Å². The lowest BCUT2D eigenvalue weighted by atomic mass is 10.3. The summed E-state index contributed by atoms with van der Waals surface area (Å²) in [6.07, 6.45) is 2.35. The van der Waals surface area contributed by atoms with Crippen LogP contribution in [-0.4, -0.2) is 17.6 Å². The molecule has 0 amide bonds. The molecule has 0 aliphatic carbocycles. The van der Waals surface area contributed by atoms with E-state index in [-0.39, 0.29) is 4.11 Å². The van der Waals surface area contributed by atoms with Crippen molar-refractivity contribution in [3.63, 3.8) is 0 Å². The highest BCUT2D eigenvalue weighted by Gasteiger charge is 2.10. The fraction of sp³-hybridized carbons (Fsp3) is 1.00. The Labute approximate surface area is 96.8 Å². The maximum atomic E-state index is 9.02. The first-order valence-corrected chi connectivity index (χ1v) is 6.72. The smallest absolute Gasteiger partial charge is 0.117 e. The molecule has 0 saturated heterocycles. The Morgan fingerprint density at radius 1 is 1.33 bits per heavy atom. The molecule has 0 aromatic heterocycles. The van der Waals surface area contributed by atoms with Crippen LogP contribution in [0, 0.1) is 0 Å². The van der Waals surface area contributed by atoms with Gasteiger partial charge in [-0.1, -0.05) is 67.8 Å². The van der Waals surface area contributed by atoms with Gasteiger partial charge >= 0.3 is 0 Å². The first kappa shape index (κ1) is 11.2. The number of hydrogen-bond donors (Lipinski definition) is 1. The first-order chi connectivity index (χ1) is 4.18. The first-order valence-electron chi connectivity index (χ1n) is 2.70. The zero-order chi connectivity index (χ0) is 7.28. The summed E-state index contributed by atoms with van der Waals surface area (Å²) in [6, 6.07) is 0. The number of rotatable bonds is 4. The van der Waals surface area contributed by atoms with Gasteiger partial charge in [-0.15, -0.1) is 0 Å². The second-order valence-electron chi connectivity index (χ2n) is 1.72. The van der Waals surface area contributed by atoms with Gasteiger partial charge in [0.25, 0.3) is 0 Å². The number of hydrogen-bond acceptors (Lipinski definition) is 1. The van der Waals surface area contributed by atoms with Gasteiger partial charge in [0.15, 0.2) is 0 Å². The monoisotopic (exact) mass is 466 g/mol. The number of aliphatic hydroxyl groups is 1. The summed E-state index contributed by atoms with van der Waals surface area (Å²) in [7, 11) is 0. The maximum Gasteiger partial charge on any atom is 0.117 e. The van der Waals surface area contributed by atoms with Crippen molar-refractivity contribution < 1.29 is 5.11 Å². The van der Waals surface area contributed by atoms with Gasteiger partial charge in [0.1, 0.15) is 4.11 Å². The van der Waals surface area contributed by atoms with Crippen molar-refractivity contribution in [3.8, 4) is 0 Å². The van der Waals surface area contributed by atoms with E-state index < -0.39 is 0 Å². The Kier molecular flexibility index (Phi) is 8.47. The third-order valence-electron chi connectivity index (χ3n) is 0.912. The van der Waals surface area contributed by atoms with E-state index in [1.165, 1.54) is 10.8 Å². The van der Waals surface area contributed by atoms with Crippen LogP contribution in [0.5, 0.6) is 0 Å². The second kappa shape index (κ2) is 6.84. The third kappa shape index (κ3) is 6.54. The van der Waals surface area contributed by atoms with Crippen molar-refractivity contribution in [2.75, 3.05) is 4.43 Å². The van der Waals surface area contributed by atoms with Crippen molar-refractivity contribution in [1.82, 2.24) is 0 Å². The Balaban J connectivity index is 3.16. The molecule has 0 aliphatic heterocycles. The van der Waals surface area contributed by atoms with Crippen LogP contribution >= 0.6 is 67.8 Å². The summed E-state index contributed by atoms with van der Waals surface area (Å²) in [6.45, 7) is 0. The van der Waals surface area contributed by atoms with Gasteiger partial charge in [-0.3, -0.25) is 0 Å². The van der Waals surface area contributed by atoms with E-state index in [0.717, 1.165) is 6.42 Å². The zero-order valence-electron chi connectivity index (χ0n) is 4.86. The molecule has 0 aromatic rings. The normalized spacial score (nSPS) is 17.3. The highest BCUT2D eigenvalue weighted by Crippen LogP contribution is 2.18. The average Bonchev–Trinajstić information content (AvgIpc) is 1.82. The molecule has 0 saturated carbocycles. The molecular weight excluding hydrogens is 457 g/mol. The Hall–Kier alpha value is 2.15. The van der Waals surface area contributed by atoms with Gasteiger partial charge in [0.2, 0.25) is 0 Å². The van der Waals surface area contributed by atoms with Crippen LogP contribution in [0.2, 0.25) is 0 Å². The molecule has 0 radical (unpaired) electrons. The summed E-state index contributed by atoms with van der Waals surface area (Å²) < 4.78 is 1.45. The van der Waals surface area contributed by atoms with E-state index in [0.29, 0.717) is 3.92 Å². The molecule has 0 bridgehead atoms. The van der Waals surface area contributed by atoms with Crippen molar-refractivity contribution in [1.29, 1.82) is 0 Å². The molecule has 0 aliphatic rings. The molecule has 1 N–H and O–H groups in total. The quantitative estimate of drug-likeness (QED) is 0.500. The molecule has 2 atom stereocenters. The minimum atomic E-state index is -0.175. The Bertz CT molecular complexity index is 67.2. The van der Waals surface area contributed by atoms with E-state index in [9.17, 15) is 0 Å². The summed E-state index contributed by atoms with van der Waals surface area (Å²) in [4.78, 5) is 0. The van der Waals surface area contributed by atoms with E-state index in [2.05, 4.69) is 67.8 Å². The fourth-order valence-electron chi connectivity index (χ4n) is 0.410. The number of halogens is 3. The van der Waals surface area contributed by atoms with E-state index in [1.807, 2.05) is 0 Å². The lowest BCUT2D eigenvalue weighted by molar-refractivity contribution is 0.276. The largest absolute Gasteiger partial charge is 0.382 e. The molecule has 56 valence electrons. The van der Waals surface area contributed by atoms with Crippen LogP contribution in [0.25, 0.3) is 0 Å². The lowest BCUT2D eigenvalue weighted by Gasteiger charge is -2.09. The fourth-order valence-corrected chi connectivity index (χ4v) is 1.65. The van der Waals surface area contributed by atoms with Crippen molar-refractivity contribution in [3.05, 3.63) is 0 Å². The van der Waals surface area contributed by atoms with Crippen LogP contribution in [0.3, 0.4) is 0 Å². The van der Waals surface area contributed by atoms with Gasteiger partial charge in [0.05, 0.1) is 0 Å². The van der Waals surface area contributed by atoms with Gasteiger partial charge in [-0.25, -0.2) is 0 Å². The summed E-state index contributed by atoms with van der Waals surface area (Å²) in [5, 5.41) is 9.02. The number of aliphatic hydroxyl groups excluding tert-OH is 1. The minimum absolute atomic E-state index is 0.175. The molecule has 0 rings (SSSR count).